The molecule has 1 aliphatic rings. The zero-order valence-corrected chi connectivity index (χ0v) is 16.5. The van der Waals surface area contributed by atoms with E-state index in [4.69, 9.17) is 0 Å². The molecule has 1 heterocycles. The summed E-state index contributed by atoms with van der Waals surface area (Å²) in [5, 5.41) is 5.16. The maximum Gasteiger partial charge on any atom is 0.416 e. The van der Waals surface area contributed by atoms with Gasteiger partial charge in [0.25, 0.3) is 0 Å². The summed E-state index contributed by atoms with van der Waals surface area (Å²) in [7, 11) is 0. The van der Waals surface area contributed by atoms with Crippen molar-refractivity contribution in [2.75, 3.05) is 48.3 Å². The van der Waals surface area contributed by atoms with Crippen LogP contribution in [0.3, 0.4) is 0 Å². The first kappa shape index (κ1) is 21.0. The van der Waals surface area contributed by atoms with Crippen molar-refractivity contribution in [2.45, 2.75) is 20.0 Å². The topological polar surface area (TPSA) is 47.6 Å². The summed E-state index contributed by atoms with van der Waals surface area (Å²) in [4.78, 5) is 16.9. The number of benzene rings is 2. The summed E-state index contributed by atoms with van der Waals surface area (Å²) < 4.78 is 38.4. The molecular weight excluding hydrogens is 381 g/mol. The lowest BCUT2D eigenvalue weighted by Gasteiger charge is -2.35. The molecule has 1 fully saturated rings. The fraction of sp³-hybridized carbons (Fsp3) is 0.381. The molecule has 1 aliphatic heterocycles. The van der Waals surface area contributed by atoms with E-state index in [0.717, 1.165) is 56.1 Å². The van der Waals surface area contributed by atoms with Crippen molar-refractivity contribution < 1.29 is 18.0 Å². The minimum absolute atomic E-state index is 0.0837. The van der Waals surface area contributed by atoms with Crippen LogP contribution in [0.5, 0.6) is 0 Å². The Morgan fingerprint density at radius 2 is 1.76 bits per heavy atom. The first-order valence-corrected chi connectivity index (χ1v) is 9.59. The van der Waals surface area contributed by atoms with Crippen molar-refractivity contribution >= 4 is 23.1 Å². The minimum atomic E-state index is -4.46. The van der Waals surface area contributed by atoms with Crippen molar-refractivity contribution in [3.05, 3.63) is 53.6 Å². The number of urea groups is 1. The predicted octanol–water partition coefficient (Wildman–Crippen LogP) is 4.80. The molecule has 0 radical (unpaired) electrons. The Labute approximate surface area is 168 Å². The third-order valence-electron chi connectivity index (χ3n) is 5.09. The van der Waals surface area contributed by atoms with Gasteiger partial charge >= 0.3 is 12.2 Å². The molecule has 0 unspecified atom stereocenters. The van der Waals surface area contributed by atoms with Gasteiger partial charge in [-0.3, -0.25) is 0 Å². The van der Waals surface area contributed by atoms with Crippen LogP contribution in [0.1, 0.15) is 18.1 Å². The van der Waals surface area contributed by atoms with Gasteiger partial charge in [-0.25, -0.2) is 4.79 Å². The largest absolute Gasteiger partial charge is 0.416 e. The fourth-order valence-corrected chi connectivity index (χ4v) is 3.37. The Bertz CT molecular complexity index is 861. The van der Waals surface area contributed by atoms with Crippen LogP contribution in [-0.2, 0) is 6.18 Å². The van der Waals surface area contributed by atoms with Gasteiger partial charge in [-0.05, 0) is 55.4 Å². The first-order chi connectivity index (χ1) is 13.8. The molecule has 2 aromatic carbocycles. The molecule has 0 aliphatic carbocycles. The second-order valence-electron chi connectivity index (χ2n) is 7.08. The summed E-state index contributed by atoms with van der Waals surface area (Å²) in [6, 6.07) is 9.75. The highest BCUT2D eigenvalue weighted by atomic mass is 19.4. The third kappa shape index (κ3) is 5.41. The van der Waals surface area contributed by atoms with Gasteiger partial charge in [0.1, 0.15) is 0 Å². The number of nitrogens with zero attached hydrogens (tertiary/aromatic N) is 2. The van der Waals surface area contributed by atoms with Crippen LogP contribution in [-0.4, -0.2) is 43.7 Å². The Kier molecular flexibility index (Phi) is 6.32. The van der Waals surface area contributed by atoms with Gasteiger partial charge in [0.05, 0.1) is 5.56 Å². The highest BCUT2D eigenvalue weighted by molar-refractivity contribution is 6.00. The lowest BCUT2D eigenvalue weighted by atomic mass is 10.1. The zero-order chi connectivity index (χ0) is 21.0. The van der Waals surface area contributed by atoms with Gasteiger partial charge in [-0.15, -0.1) is 0 Å². The highest BCUT2D eigenvalue weighted by Crippen LogP contribution is 2.30. The molecule has 8 heteroatoms. The molecule has 1 saturated heterocycles. The number of anilines is 3. The summed E-state index contributed by atoms with van der Waals surface area (Å²) >= 11 is 0. The average Bonchev–Trinajstić information content (AvgIpc) is 2.69. The minimum Gasteiger partial charge on any atom is -0.369 e. The number of hydrogen-bond acceptors (Lipinski definition) is 3. The number of carbonyl (C=O) groups excluding carboxylic acids is 1. The Morgan fingerprint density at radius 1 is 1.03 bits per heavy atom. The molecule has 0 bridgehead atoms. The van der Waals surface area contributed by atoms with Crippen LogP contribution >= 0.6 is 0 Å². The van der Waals surface area contributed by atoms with Crippen LogP contribution in [0.15, 0.2) is 42.5 Å². The lowest BCUT2D eigenvalue weighted by molar-refractivity contribution is -0.137. The molecule has 29 heavy (non-hydrogen) atoms. The van der Waals surface area contributed by atoms with Crippen molar-refractivity contribution in [1.29, 1.82) is 0 Å². The van der Waals surface area contributed by atoms with Gasteiger partial charge < -0.3 is 20.4 Å². The second kappa shape index (κ2) is 8.73. The van der Waals surface area contributed by atoms with Crippen molar-refractivity contribution in [3.8, 4) is 0 Å². The number of hydrogen-bond donors (Lipinski definition) is 2. The summed E-state index contributed by atoms with van der Waals surface area (Å²) in [5.41, 5.74) is 1.88. The number of rotatable bonds is 4. The monoisotopic (exact) mass is 406 g/mol. The molecule has 3 rings (SSSR count). The Balaban J connectivity index is 1.62. The smallest absolute Gasteiger partial charge is 0.369 e. The molecule has 0 atom stereocenters. The number of aryl methyl sites for hydroxylation is 1. The number of likely N-dealkylation sites (N-methyl/N-ethyl adjacent to an activating group) is 1. The number of nitrogens with one attached hydrogen (secondary N) is 2. The standard InChI is InChI=1S/C21H25F3N4O/c1-3-27-9-11-28(12-10-27)18-7-8-19(15(2)13-18)26-20(29)25-17-6-4-5-16(14-17)21(22,23)24/h4-8,13-14H,3,9-12H2,1-2H3,(H2,25,26,29). The Hall–Kier alpha value is -2.74. The molecule has 156 valence electrons. The van der Waals surface area contributed by atoms with E-state index >= 15 is 0 Å². The molecule has 2 N–H and O–H groups in total. The van der Waals surface area contributed by atoms with Crippen LogP contribution in [0.4, 0.5) is 35.0 Å². The third-order valence-corrected chi connectivity index (χ3v) is 5.09. The quantitative estimate of drug-likeness (QED) is 0.767. The van der Waals surface area contributed by atoms with Crippen LogP contribution in [0.25, 0.3) is 0 Å². The lowest BCUT2D eigenvalue weighted by Crippen LogP contribution is -2.46. The molecule has 0 saturated carbocycles. The van der Waals surface area contributed by atoms with Crippen LogP contribution in [0, 0.1) is 6.92 Å². The number of halogens is 3. The Morgan fingerprint density at radius 3 is 2.38 bits per heavy atom. The van der Waals surface area contributed by atoms with Crippen molar-refractivity contribution in [2.24, 2.45) is 0 Å². The van der Waals surface area contributed by atoms with Crippen LogP contribution < -0.4 is 15.5 Å². The maximum atomic E-state index is 12.8. The van der Waals surface area contributed by atoms with E-state index in [0.29, 0.717) is 5.69 Å². The van der Waals surface area contributed by atoms with Crippen LogP contribution in [0.2, 0.25) is 0 Å². The fourth-order valence-electron chi connectivity index (χ4n) is 3.37. The van der Waals surface area contributed by atoms with Crippen molar-refractivity contribution in [3.63, 3.8) is 0 Å². The van der Waals surface area contributed by atoms with E-state index in [9.17, 15) is 18.0 Å². The van der Waals surface area contributed by atoms with Crippen molar-refractivity contribution in [1.82, 2.24) is 4.90 Å². The zero-order valence-electron chi connectivity index (χ0n) is 16.5. The highest BCUT2D eigenvalue weighted by Gasteiger charge is 2.30. The summed E-state index contributed by atoms with van der Waals surface area (Å²) in [6.07, 6.45) is -4.46. The van der Waals surface area contributed by atoms with E-state index in [1.807, 2.05) is 25.1 Å². The molecule has 2 amide bonds. The van der Waals surface area contributed by atoms with Gasteiger partial charge in [-0.1, -0.05) is 13.0 Å². The number of alkyl halides is 3. The SMILES string of the molecule is CCN1CCN(c2ccc(NC(=O)Nc3cccc(C(F)(F)F)c3)c(C)c2)CC1. The molecule has 5 nitrogen and oxygen atoms in total. The average molecular weight is 406 g/mol. The predicted molar refractivity (Wildman–Crippen MR) is 110 cm³/mol. The van der Waals surface area contributed by atoms with Gasteiger partial charge in [0.15, 0.2) is 0 Å². The number of carbonyl (C=O) groups is 1. The molecular formula is C21H25F3N4O. The van der Waals surface area contributed by atoms with E-state index in [1.165, 1.54) is 12.1 Å². The van der Waals surface area contributed by atoms with Gasteiger partial charge in [0.2, 0.25) is 0 Å². The van der Waals surface area contributed by atoms with Gasteiger partial charge in [0, 0.05) is 43.2 Å². The van der Waals surface area contributed by atoms with E-state index in [2.05, 4.69) is 27.4 Å². The van der Waals surface area contributed by atoms with Gasteiger partial charge in [-0.2, -0.15) is 13.2 Å². The summed E-state index contributed by atoms with van der Waals surface area (Å²) in [6.45, 7) is 9.06. The van der Waals surface area contributed by atoms with E-state index in [-0.39, 0.29) is 5.69 Å². The molecule has 2 aromatic rings. The second-order valence-corrected chi connectivity index (χ2v) is 7.08. The number of piperazine rings is 1. The van der Waals surface area contributed by atoms with E-state index < -0.39 is 17.8 Å². The van der Waals surface area contributed by atoms with E-state index in [1.54, 1.807) is 0 Å². The molecule has 0 spiro atoms. The maximum absolute atomic E-state index is 12.8. The number of amides is 2. The normalized spacial score (nSPS) is 15.3. The molecule has 0 aromatic heterocycles. The summed E-state index contributed by atoms with van der Waals surface area (Å²) in [5.74, 6) is 0. The first-order valence-electron chi connectivity index (χ1n) is 9.59.